The molecule has 0 radical (unpaired) electrons. The van der Waals surface area contributed by atoms with Crippen LogP contribution in [-0.2, 0) is 16.0 Å². The smallest absolute Gasteiger partial charge is 0.225 e. The Labute approximate surface area is 161 Å². The van der Waals surface area contributed by atoms with Gasteiger partial charge in [0.05, 0.1) is 20.1 Å². The minimum atomic E-state index is -0.218. The van der Waals surface area contributed by atoms with Gasteiger partial charge in [-0.1, -0.05) is 25.3 Å². The average molecular weight is 374 g/mol. The molecule has 6 nitrogen and oxygen atoms in total. The van der Waals surface area contributed by atoms with Crippen LogP contribution >= 0.6 is 0 Å². The van der Waals surface area contributed by atoms with Gasteiger partial charge in [0.15, 0.2) is 11.5 Å². The second kappa shape index (κ2) is 9.11. The van der Waals surface area contributed by atoms with Crippen LogP contribution in [0, 0.1) is 5.92 Å². The van der Waals surface area contributed by atoms with E-state index in [1.807, 2.05) is 23.1 Å². The van der Waals surface area contributed by atoms with Gasteiger partial charge in [-0.25, -0.2) is 0 Å². The van der Waals surface area contributed by atoms with E-state index in [1.54, 1.807) is 14.2 Å². The molecule has 0 bridgehead atoms. The van der Waals surface area contributed by atoms with Crippen LogP contribution in [0.15, 0.2) is 18.2 Å². The molecule has 1 N–H and O–H groups in total. The second-order valence-electron chi connectivity index (χ2n) is 7.47. The summed E-state index contributed by atoms with van der Waals surface area (Å²) in [5.41, 5.74) is 1.07. The number of nitrogens with zero attached hydrogens (tertiary/aromatic N) is 1. The van der Waals surface area contributed by atoms with E-state index >= 15 is 0 Å². The highest BCUT2D eigenvalue weighted by Crippen LogP contribution is 2.29. The molecule has 1 aromatic carbocycles. The van der Waals surface area contributed by atoms with Crippen molar-refractivity contribution < 1.29 is 19.1 Å². The van der Waals surface area contributed by atoms with Gasteiger partial charge >= 0.3 is 0 Å². The topological polar surface area (TPSA) is 67.9 Å². The van der Waals surface area contributed by atoms with Crippen molar-refractivity contribution in [2.24, 2.45) is 5.92 Å². The van der Waals surface area contributed by atoms with Gasteiger partial charge in [-0.2, -0.15) is 0 Å². The van der Waals surface area contributed by atoms with Crippen LogP contribution < -0.4 is 14.8 Å². The molecule has 2 fully saturated rings. The Morgan fingerprint density at radius 2 is 1.89 bits per heavy atom. The zero-order valence-corrected chi connectivity index (χ0v) is 16.3. The Morgan fingerprint density at radius 3 is 2.59 bits per heavy atom. The first-order chi connectivity index (χ1) is 13.1. The number of carbonyl (C=O) groups excluding carboxylic acids is 2. The van der Waals surface area contributed by atoms with E-state index in [2.05, 4.69) is 5.32 Å². The summed E-state index contributed by atoms with van der Waals surface area (Å²) in [6.45, 7) is 1.12. The summed E-state index contributed by atoms with van der Waals surface area (Å²) in [5, 5.41) is 2.99. The Kier molecular flexibility index (Phi) is 6.58. The number of benzene rings is 1. The maximum absolute atomic E-state index is 12.5. The molecule has 1 aromatic rings. The molecule has 1 heterocycles. The molecule has 2 aliphatic rings. The van der Waals surface area contributed by atoms with Crippen molar-refractivity contribution in [1.29, 1.82) is 0 Å². The molecular formula is C21H30N2O4. The van der Waals surface area contributed by atoms with Crippen molar-refractivity contribution in [3.63, 3.8) is 0 Å². The summed E-state index contributed by atoms with van der Waals surface area (Å²) < 4.78 is 10.6. The molecule has 1 atom stereocenters. The van der Waals surface area contributed by atoms with Crippen LogP contribution in [0.25, 0.3) is 0 Å². The third-order valence-corrected chi connectivity index (χ3v) is 5.71. The zero-order valence-electron chi connectivity index (χ0n) is 16.3. The first-order valence-corrected chi connectivity index (χ1v) is 9.90. The van der Waals surface area contributed by atoms with Crippen molar-refractivity contribution in [1.82, 2.24) is 10.2 Å². The fourth-order valence-electron chi connectivity index (χ4n) is 4.16. The van der Waals surface area contributed by atoms with Gasteiger partial charge in [0.25, 0.3) is 0 Å². The van der Waals surface area contributed by atoms with Crippen LogP contribution in [-0.4, -0.2) is 50.1 Å². The minimum Gasteiger partial charge on any atom is -0.493 e. The molecule has 1 saturated carbocycles. The van der Waals surface area contributed by atoms with Crippen LogP contribution in [0.1, 0.15) is 44.1 Å². The number of methoxy groups -OCH3 is 2. The molecule has 1 saturated heterocycles. The molecule has 0 aromatic heterocycles. The molecule has 148 valence electrons. The molecule has 0 spiro atoms. The highest BCUT2D eigenvalue weighted by molar-refractivity contribution is 5.89. The van der Waals surface area contributed by atoms with Crippen LogP contribution in [0.3, 0.4) is 0 Å². The van der Waals surface area contributed by atoms with E-state index < -0.39 is 0 Å². The first-order valence-electron chi connectivity index (χ1n) is 9.90. The van der Waals surface area contributed by atoms with E-state index in [0.717, 1.165) is 18.4 Å². The monoisotopic (exact) mass is 374 g/mol. The van der Waals surface area contributed by atoms with E-state index in [-0.39, 0.29) is 17.7 Å². The molecular weight excluding hydrogens is 344 g/mol. The van der Waals surface area contributed by atoms with E-state index in [0.29, 0.717) is 43.5 Å². The van der Waals surface area contributed by atoms with Gasteiger partial charge in [0.2, 0.25) is 11.8 Å². The fraction of sp³-hybridized carbons (Fsp3) is 0.619. The molecule has 2 amide bonds. The van der Waals surface area contributed by atoms with Crippen LogP contribution in [0.2, 0.25) is 0 Å². The van der Waals surface area contributed by atoms with Gasteiger partial charge in [0.1, 0.15) is 0 Å². The number of nitrogens with one attached hydrogen (secondary N) is 1. The highest BCUT2D eigenvalue weighted by Gasteiger charge is 2.37. The number of rotatable bonds is 7. The standard InChI is InChI=1S/C21H30N2O4/c1-26-18-9-8-15(12-19(18)27-2)10-11-22-21(25)16-13-20(24)23(14-16)17-6-4-3-5-7-17/h8-9,12,16-17H,3-7,10-11,13-14H2,1-2H3,(H,22,25)/t16-/m1/s1. The van der Waals surface area contributed by atoms with Crippen molar-refractivity contribution in [3.8, 4) is 11.5 Å². The Morgan fingerprint density at radius 1 is 1.15 bits per heavy atom. The quantitative estimate of drug-likeness (QED) is 0.796. The van der Waals surface area contributed by atoms with E-state index in [4.69, 9.17) is 9.47 Å². The van der Waals surface area contributed by atoms with Gasteiger partial charge in [0, 0.05) is 25.6 Å². The number of amides is 2. The van der Waals surface area contributed by atoms with Crippen molar-refractivity contribution >= 4 is 11.8 Å². The molecule has 0 unspecified atom stereocenters. The van der Waals surface area contributed by atoms with Crippen LogP contribution in [0.5, 0.6) is 11.5 Å². The van der Waals surface area contributed by atoms with Gasteiger partial charge in [-0.05, 0) is 37.0 Å². The second-order valence-corrected chi connectivity index (χ2v) is 7.47. The maximum atomic E-state index is 12.5. The van der Waals surface area contributed by atoms with E-state index in [1.165, 1.54) is 19.3 Å². The van der Waals surface area contributed by atoms with Gasteiger partial charge in [-0.3, -0.25) is 9.59 Å². The summed E-state index contributed by atoms with van der Waals surface area (Å²) in [4.78, 5) is 26.8. The number of carbonyl (C=O) groups is 2. The maximum Gasteiger partial charge on any atom is 0.225 e. The summed E-state index contributed by atoms with van der Waals surface area (Å²) >= 11 is 0. The number of ether oxygens (including phenoxy) is 2. The Hall–Kier alpha value is -2.24. The first kappa shape index (κ1) is 19.5. The largest absolute Gasteiger partial charge is 0.493 e. The molecule has 6 heteroatoms. The Bertz CT molecular complexity index is 670. The summed E-state index contributed by atoms with van der Waals surface area (Å²) in [7, 11) is 3.22. The third kappa shape index (κ3) is 4.73. The van der Waals surface area contributed by atoms with Crippen molar-refractivity contribution in [2.75, 3.05) is 27.3 Å². The minimum absolute atomic E-state index is 0.0119. The average Bonchev–Trinajstić information content (AvgIpc) is 3.10. The van der Waals surface area contributed by atoms with Gasteiger partial charge in [-0.15, -0.1) is 0 Å². The molecule has 3 rings (SSSR count). The predicted octanol–water partition coefficient (Wildman–Crippen LogP) is 2.54. The molecule has 1 aliphatic carbocycles. The highest BCUT2D eigenvalue weighted by atomic mass is 16.5. The fourth-order valence-corrected chi connectivity index (χ4v) is 4.16. The van der Waals surface area contributed by atoms with Crippen molar-refractivity contribution in [2.45, 2.75) is 51.0 Å². The van der Waals surface area contributed by atoms with Gasteiger partial charge < -0.3 is 19.7 Å². The Balaban J connectivity index is 1.47. The lowest BCUT2D eigenvalue weighted by molar-refractivity contribution is -0.130. The summed E-state index contributed by atoms with van der Waals surface area (Å²) in [6.07, 6.45) is 6.86. The molecule has 27 heavy (non-hydrogen) atoms. The number of hydrogen-bond donors (Lipinski definition) is 1. The SMILES string of the molecule is COc1ccc(CCNC(=O)[C@@H]2CC(=O)N(C3CCCCC3)C2)cc1OC. The summed E-state index contributed by atoms with van der Waals surface area (Å²) in [6, 6.07) is 6.11. The number of likely N-dealkylation sites (tertiary alicyclic amines) is 1. The van der Waals surface area contributed by atoms with E-state index in [9.17, 15) is 9.59 Å². The zero-order chi connectivity index (χ0) is 19.2. The van der Waals surface area contributed by atoms with Crippen LogP contribution in [0.4, 0.5) is 0 Å². The predicted molar refractivity (Wildman–Crippen MR) is 103 cm³/mol. The molecule has 1 aliphatic heterocycles. The normalized spacial score (nSPS) is 20.6. The number of hydrogen-bond acceptors (Lipinski definition) is 4. The third-order valence-electron chi connectivity index (χ3n) is 5.71. The summed E-state index contributed by atoms with van der Waals surface area (Å²) in [5.74, 6) is 1.29. The van der Waals surface area contributed by atoms with Crippen molar-refractivity contribution in [3.05, 3.63) is 23.8 Å². The lowest BCUT2D eigenvalue weighted by atomic mass is 9.94. The lowest BCUT2D eigenvalue weighted by Crippen LogP contribution is -2.39. The lowest BCUT2D eigenvalue weighted by Gasteiger charge is -2.31.